The highest BCUT2D eigenvalue weighted by molar-refractivity contribution is 5.78. The Morgan fingerprint density at radius 2 is 1.72 bits per heavy atom. The van der Waals surface area contributed by atoms with Gasteiger partial charge < -0.3 is 4.90 Å². The van der Waals surface area contributed by atoms with E-state index in [2.05, 4.69) is 24.8 Å². The van der Waals surface area contributed by atoms with Crippen molar-refractivity contribution in [1.29, 1.82) is 5.26 Å². The van der Waals surface area contributed by atoms with Crippen LogP contribution in [0.2, 0.25) is 0 Å². The molecule has 1 fully saturated rings. The van der Waals surface area contributed by atoms with E-state index in [1.54, 1.807) is 0 Å². The topological polar surface area (TPSA) is 47.3 Å². The van der Waals surface area contributed by atoms with Gasteiger partial charge >= 0.3 is 0 Å². The zero-order chi connectivity index (χ0) is 13.4. The number of nitriles is 1. The van der Waals surface area contributed by atoms with Crippen molar-refractivity contribution in [2.45, 2.75) is 39.5 Å². The zero-order valence-corrected chi connectivity index (χ0v) is 11.7. The summed E-state index contributed by atoms with van der Waals surface area (Å²) < 4.78 is 0. The zero-order valence-electron chi connectivity index (χ0n) is 11.7. The third-order valence-electron chi connectivity index (χ3n) is 3.60. The molecule has 0 N–H and O–H groups in total. The van der Waals surface area contributed by atoms with Gasteiger partial charge in [-0.3, -0.25) is 9.69 Å². The molecular formula is C14H25N3O. The predicted octanol–water partition coefficient (Wildman–Crippen LogP) is 1.87. The lowest BCUT2D eigenvalue weighted by atomic mass is 9.96. The molecule has 1 amide bonds. The lowest BCUT2D eigenvalue weighted by Gasteiger charge is -2.35. The van der Waals surface area contributed by atoms with Gasteiger partial charge in [-0.25, -0.2) is 0 Å². The first-order valence-electron chi connectivity index (χ1n) is 7.11. The standard InChI is InChI=1S/C14H25N3O/c1-3-5-13(6-4-2)14(18)17-11-9-16(8-7-15)10-12-17/h13H,3-6,8-12H2,1-2H3. The summed E-state index contributed by atoms with van der Waals surface area (Å²) in [6, 6.07) is 2.17. The van der Waals surface area contributed by atoms with Crippen LogP contribution >= 0.6 is 0 Å². The van der Waals surface area contributed by atoms with Gasteiger partial charge in [0.05, 0.1) is 12.6 Å². The SMILES string of the molecule is CCCC(CCC)C(=O)N1CCN(CC#N)CC1. The van der Waals surface area contributed by atoms with Crippen LogP contribution < -0.4 is 0 Å². The van der Waals surface area contributed by atoms with Crippen LogP contribution in [0, 0.1) is 17.2 Å². The molecule has 1 rings (SSSR count). The van der Waals surface area contributed by atoms with Crippen LogP contribution in [0.1, 0.15) is 39.5 Å². The van der Waals surface area contributed by atoms with Crippen LogP contribution in [0.3, 0.4) is 0 Å². The van der Waals surface area contributed by atoms with Crippen molar-refractivity contribution in [3.05, 3.63) is 0 Å². The molecule has 0 bridgehead atoms. The third-order valence-corrected chi connectivity index (χ3v) is 3.60. The summed E-state index contributed by atoms with van der Waals surface area (Å²) in [5.41, 5.74) is 0. The van der Waals surface area contributed by atoms with E-state index in [-0.39, 0.29) is 5.92 Å². The summed E-state index contributed by atoms with van der Waals surface area (Å²) in [5.74, 6) is 0.540. The highest BCUT2D eigenvalue weighted by Crippen LogP contribution is 2.17. The van der Waals surface area contributed by atoms with Crippen LogP contribution in [0.5, 0.6) is 0 Å². The molecule has 0 aromatic heterocycles. The number of carbonyl (C=O) groups excluding carboxylic acids is 1. The molecule has 0 radical (unpaired) electrons. The molecule has 102 valence electrons. The van der Waals surface area contributed by atoms with Gasteiger partial charge in [-0.05, 0) is 12.8 Å². The minimum absolute atomic E-state index is 0.211. The summed E-state index contributed by atoms with van der Waals surface area (Å²) in [5, 5.41) is 8.65. The molecule has 0 aromatic rings. The quantitative estimate of drug-likeness (QED) is 0.677. The monoisotopic (exact) mass is 251 g/mol. The Morgan fingerprint density at radius 1 is 1.17 bits per heavy atom. The Hall–Kier alpha value is -1.08. The fourth-order valence-corrected chi connectivity index (χ4v) is 2.57. The van der Waals surface area contributed by atoms with Gasteiger partial charge in [0.1, 0.15) is 0 Å². The fraction of sp³-hybridized carbons (Fsp3) is 0.857. The largest absolute Gasteiger partial charge is 0.340 e. The second kappa shape index (κ2) is 8.10. The highest BCUT2D eigenvalue weighted by atomic mass is 16.2. The second-order valence-electron chi connectivity index (χ2n) is 5.03. The molecule has 4 nitrogen and oxygen atoms in total. The summed E-state index contributed by atoms with van der Waals surface area (Å²) >= 11 is 0. The molecule has 1 heterocycles. The molecule has 18 heavy (non-hydrogen) atoms. The number of rotatable bonds is 6. The molecule has 0 saturated carbocycles. The number of piperazine rings is 1. The Labute approximate surface area is 111 Å². The lowest BCUT2D eigenvalue weighted by Crippen LogP contribution is -2.50. The van der Waals surface area contributed by atoms with Gasteiger partial charge in [0.2, 0.25) is 5.91 Å². The number of hydrogen-bond acceptors (Lipinski definition) is 3. The van der Waals surface area contributed by atoms with E-state index in [1.807, 2.05) is 4.90 Å². The van der Waals surface area contributed by atoms with E-state index < -0.39 is 0 Å². The Balaban J connectivity index is 2.44. The summed E-state index contributed by atoms with van der Waals surface area (Å²) in [6.45, 7) is 8.00. The van der Waals surface area contributed by atoms with Crippen molar-refractivity contribution in [3.8, 4) is 6.07 Å². The molecule has 1 saturated heterocycles. The third kappa shape index (κ3) is 4.30. The van der Waals surface area contributed by atoms with Crippen molar-refractivity contribution in [3.63, 3.8) is 0 Å². The number of amides is 1. The lowest BCUT2D eigenvalue weighted by molar-refractivity contribution is -0.137. The van der Waals surface area contributed by atoms with Gasteiger partial charge in [-0.2, -0.15) is 5.26 Å². The molecule has 0 unspecified atom stereocenters. The average Bonchev–Trinajstić information content (AvgIpc) is 2.39. The van der Waals surface area contributed by atoms with E-state index >= 15 is 0 Å². The number of nitrogens with zero attached hydrogens (tertiary/aromatic N) is 3. The van der Waals surface area contributed by atoms with Gasteiger partial charge in [-0.1, -0.05) is 26.7 Å². The Bertz CT molecular complexity index is 284. The molecule has 1 aliphatic rings. The van der Waals surface area contributed by atoms with Gasteiger partial charge in [-0.15, -0.1) is 0 Å². The smallest absolute Gasteiger partial charge is 0.225 e. The molecule has 0 aromatic carbocycles. The van der Waals surface area contributed by atoms with Crippen LogP contribution in [0.25, 0.3) is 0 Å². The van der Waals surface area contributed by atoms with Crippen molar-refractivity contribution >= 4 is 5.91 Å². The molecule has 0 spiro atoms. The number of carbonyl (C=O) groups is 1. The maximum Gasteiger partial charge on any atom is 0.225 e. The van der Waals surface area contributed by atoms with E-state index in [9.17, 15) is 4.79 Å². The van der Waals surface area contributed by atoms with Crippen LogP contribution in [-0.2, 0) is 4.79 Å². The normalized spacial score (nSPS) is 16.9. The predicted molar refractivity (Wildman–Crippen MR) is 71.9 cm³/mol. The summed E-state index contributed by atoms with van der Waals surface area (Å²) in [4.78, 5) is 16.5. The molecule has 4 heteroatoms. The van der Waals surface area contributed by atoms with Crippen molar-refractivity contribution in [2.75, 3.05) is 32.7 Å². The maximum absolute atomic E-state index is 12.4. The van der Waals surface area contributed by atoms with Crippen molar-refractivity contribution in [1.82, 2.24) is 9.80 Å². The highest BCUT2D eigenvalue weighted by Gasteiger charge is 2.26. The van der Waals surface area contributed by atoms with Gasteiger partial charge in [0, 0.05) is 32.1 Å². The van der Waals surface area contributed by atoms with Gasteiger partial charge in [0.15, 0.2) is 0 Å². The van der Waals surface area contributed by atoms with E-state index in [0.717, 1.165) is 51.9 Å². The number of hydrogen-bond donors (Lipinski definition) is 0. The minimum atomic E-state index is 0.211. The molecular weight excluding hydrogens is 226 g/mol. The summed E-state index contributed by atoms with van der Waals surface area (Å²) in [7, 11) is 0. The maximum atomic E-state index is 12.4. The van der Waals surface area contributed by atoms with E-state index in [4.69, 9.17) is 5.26 Å². The Morgan fingerprint density at radius 3 is 2.17 bits per heavy atom. The summed E-state index contributed by atoms with van der Waals surface area (Å²) in [6.07, 6.45) is 4.16. The fourth-order valence-electron chi connectivity index (χ4n) is 2.57. The van der Waals surface area contributed by atoms with Crippen molar-refractivity contribution < 1.29 is 4.79 Å². The first kappa shape index (κ1) is 15.0. The molecule has 1 aliphatic heterocycles. The van der Waals surface area contributed by atoms with Crippen LogP contribution in [-0.4, -0.2) is 48.4 Å². The first-order valence-corrected chi connectivity index (χ1v) is 7.11. The van der Waals surface area contributed by atoms with Crippen LogP contribution in [0.15, 0.2) is 0 Å². The Kier molecular flexibility index (Phi) is 6.74. The average molecular weight is 251 g/mol. The molecule has 0 aliphatic carbocycles. The van der Waals surface area contributed by atoms with E-state index in [0.29, 0.717) is 12.5 Å². The first-order chi connectivity index (χ1) is 8.72. The van der Waals surface area contributed by atoms with E-state index in [1.165, 1.54) is 0 Å². The van der Waals surface area contributed by atoms with Gasteiger partial charge in [0.25, 0.3) is 0 Å². The molecule has 0 atom stereocenters. The second-order valence-corrected chi connectivity index (χ2v) is 5.03. The van der Waals surface area contributed by atoms with Crippen molar-refractivity contribution in [2.24, 2.45) is 5.92 Å². The minimum Gasteiger partial charge on any atom is -0.340 e. The van der Waals surface area contributed by atoms with Crippen LogP contribution in [0.4, 0.5) is 0 Å².